The molecule has 0 aromatic carbocycles. The zero-order valence-corrected chi connectivity index (χ0v) is 10.6. The summed E-state index contributed by atoms with van der Waals surface area (Å²) in [6.07, 6.45) is 2.40. The van der Waals surface area contributed by atoms with Crippen molar-refractivity contribution in [3.05, 3.63) is 0 Å². The van der Waals surface area contributed by atoms with Crippen molar-refractivity contribution in [2.45, 2.75) is 26.7 Å². The van der Waals surface area contributed by atoms with E-state index in [1.165, 1.54) is 19.4 Å². The van der Waals surface area contributed by atoms with Gasteiger partial charge in [-0.3, -0.25) is 9.69 Å². The van der Waals surface area contributed by atoms with Crippen LogP contribution in [0.1, 0.15) is 26.7 Å². The van der Waals surface area contributed by atoms with Crippen LogP contribution in [-0.2, 0) is 4.79 Å². The van der Waals surface area contributed by atoms with E-state index in [9.17, 15) is 4.79 Å². The van der Waals surface area contributed by atoms with E-state index in [-0.39, 0.29) is 5.91 Å². The van der Waals surface area contributed by atoms with Gasteiger partial charge in [-0.2, -0.15) is 0 Å². The van der Waals surface area contributed by atoms with E-state index < -0.39 is 0 Å². The average molecular weight is 227 g/mol. The molecule has 4 nitrogen and oxygen atoms in total. The molecule has 0 unspecified atom stereocenters. The number of rotatable bonds is 6. The highest BCUT2D eigenvalue weighted by Gasteiger charge is 2.21. The standard InChI is InChI=1S/C12H25N3O/c1-3-14(4-2)9-11-5-7-15(8-6-11)10-12(13)16/h11H,3-10H2,1-2H3,(H2,13,16). The first-order chi connectivity index (χ1) is 7.65. The molecular formula is C12H25N3O. The Labute approximate surface area is 98.8 Å². The largest absolute Gasteiger partial charge is 0.369 e. The van der Waals surface area contributed by atoms with E-state index in [4.69, 9.17) is 5.73 Å². The van der Waals surface area contributed by atoms with Crippen molar-refractivity contribution in [1.29, 1.82) is 0 Å². The number of nitrogens with zero attached hydrogens (tertiary/aromatic N) is 2. The Balaban J connectivity index is 2.23. The molecule has 1 fully saturated rings. The summed E-state index contributed by atoms with van der Waals surface area (Å²) in [5.41, 5.74) is 5.19. The minimum atomic E-state index is -0.206. The highest BCUT2D eigenvalue weighted by atomic mass is 16.1. The van der Waals surface area contributed by atoms with Crippen LogP contribution in [0.4, 0.5) is 0 Å². The molecule has 0 saturated carbocycles. The maximum atomic E-state index is 10.8. The second-order valence-corrected chi connectivity index (χ2v) is 4.67. The summed E-state index contributed by atoms with van der Waals surface area (Å²) in [6.45, 7) is 10.4. The third-order valence-corrected chi connectivity index (χ3v) is 3.50. The van der Waals surface area contributed by atoms with Crippen LogP contribution in [0.5, 0.6) is 0 Å². The summed E-state index contributed by atoms with van der Waals surface area (Å²) >= 11 is 0. The van der Waals surface area contributed by atoms with Gasteiger partial charge in [0.05, 0.1) is 6.54 Å². The molecule has 94 valence electrons. The molecule has 1 aliphatic heterocycles. The number of primary amides is 1. The van der Waals surface area contributed by atoms with E-state index in [0.29, 0.717) is 6.54 Å². The number of amides is 1. The lowest BCUT2D eigenvalue weighted by Crippen LogP contribution is -2.42. The van der Waals surface area contributed by atoms with Crippen molar-refractivity contribution in [2.75, 3.05) is 39.3 Å². The second-order valence-electron chi connectivity index (χ2n) is 4.67. The van der Waals surface area contributed by atoms with Crippen molar-refractivity contribution >= 4 is 5.91 Å². The van der Waals surface area contributed by atoms with Crippen LogP contribution in [0.2, 0.25) is 0 Å². The fraction of sp³-hybridized carbons (Fsp3) is 0.917. The predicted octanol–water partition coefficient (Wildman–Crippen LogP) is 0.526. The molecule has 0 bridgehead atoms. The number of likely N-dealkylation sites (tertiary alicyclic amines) is 1. The van der Waals surface area contributed by atoms with Crippen LogP contribution < -0.4 is 5.73 Å². The van der Waals surface area contributed by atoms with Gasteiger partial charge in [0.2, 0.25) is 5.91 Å². The molecule has 0 radical (unpaired) electrons. The van der Waals surface area contributed by atoms with Gasteiger partial charge in [0, 0.05) is 6.54 Å². The summed E-state index contributed by atoms with van der Waals surface area (Å²) in [5, 5.41) is 0. The van der Waals surface area contributed by atoms with Crippen molar-refractivity contribution in [3.8, 4) is 0 Å². The van der Waals surface area contributed by atoms with Gasteiger partial charge in [-0.15, -0.1) is 0 Å². The van der Waals surface area contributed by atoms with Crippen LogP contribution in [-0.4, -0.2) is 55.0 Å². The Bertz CT molecular complexity index is 208. The molecule has 1 saturated heterocycles. The number of carbonyl (C=O) groups is 1. The van der Waals surface area contributed by atoms with Crippen LogP contribution >= 0.6 is 0 Å². The van der Waals surface area contributed by atoms with Gasteiger partial charge >= 0.3 is 0 Å². The summed E-state index contributed by atoms with van der Waals surface area (Å²) in [5.74, 6) is 0.589. The fourth-order valence-electron chi connectivity index (χ4n) is 2.39. The highest BCUT2D eigenvalue weighted by molar-refractivity contribution is 5.75. The number of piperidine rings is 1. The number of hydrogen-bond donors (Lipinski definition) is 1. The molecule has 1 heterocycles. The highest BCUT2D eigenvalue weighted by Crippen LogP contribution is 2.17. The minimum Gasteiger partial charge on any atom is -0.369 e. The molecule has 4 heteroatoms. The zero-order chi connectivity index (χ0) is 12.0. The maximum absolute atomic E-state index is 10.8. The van der Waals surface area contributed by atoms with Gasteiger partial charge in [-0.1, -0.05) is 13.8 Å². The quantitative estimate of drug-likeness (QED) is 0.720. The van der Waals surface area contributed by atoms with Crippen molar-refractivity contribution in [3.63, 3.8) is 0 Å². The topological polar surface area (TPSA) is 49.6 Å². The predicted molar refractivity (Wildman–Crippen MR) is 66.1 cm³/mol. The normalized spacial score (nSPS) is 19.2. The van der Waals surface area contributed by atoms with Crippen LogP contribution in [0, 0.1) is 5.92 Å². The summed E-state index contributed by atoms with van der Waals surface area (Å²) in [4.78, 5) is 15.4. The van der Waals surface area contributed by atoms with E-state index in [1.54, 1.807) is 0 Å². The third-order valence-electron chi connectivity index (χ3n) is 3.50. The molecule has 1 amide bonds. The van der Waals surface area contributed by atoms with Gasteiger partial charge in [0.1, 0.15) is 0 Å². The second kappa shape index (κ2) is 6.86. The molecule has 0 aromatic heterocycles. The van der Waals surface area contributed by atoms with Crippen molar-refractivity contribution < 1.29 is 4.79 Å². The van der Waals surface area contributed by atoms with Crippen LogP contribution in [0.3, 0.4) is 0 Å². The summed E-state index contributed by atoms with van der Waals surface area (Å²) in [6, 6.07) is 0. The lowest BCUT2D eigenvalue weighted by molar-refractivity contribution is -0.119. The molecule has 16 heavy (non-hydrogen) atoms. The molecule has 1 rings (SSSR count). The molecule has 0 aromatic rings. The minimum absolute atomic E-state index is 0.206. The van der Waals surface area contributed by atoms with E-state index >= 15 is 0 Å². The fourth-order valence-corrected chi connectivity index (χ4v) is 2.39. The molecule has 2 N–H and O–H groups in total. The SMILES string of the molecule is CCN(CC)CC1CCN(CC(N)=O)CC1. The Morgan fingerprint density at radius 1 is 1.31 bits per heavy atom. The first-order valence-corrected chi connectivity index (χ1v) is 6.38. The lowest BCUT2D eigenvalue weighted by Gasteiger charge is -2.33. The van der Waals surface area contributed by atoms with Crippen LogP contribution in [0.25, 0.3) is 0 Å². The average Bonchev–Trinajstić information content (AvgIpc) is 2.27. The van der Waals surface area contributed by atoms with Crippen molar-refractivity contribution in [2.24, 2.45) is 11.7 Å². The Morgan fingerprint density at radius 3 is 2.31 bits per heavy atom. The summed E-state index contributed by atoms with van der Waals surface area (Å²) in [7, 11) is 0. The maximum Gasteiger partial charge on any atom is 0.231 e. The molecule has 0 aliphatic carbocycles. The van der Waals surface area contributed by atoms with E-state index in [0.717, 1.165) is 32.1 Å². The summed E-state index contributed by atoms with van der Waals surface area (Å²) < 4.78 is 0. The number of hydrogen-bond acceptors (Lipinski definition) is 3. The lowest BCUT2D eigenvalue weighted by atomic mass is 9.96. The van der Waals surface area contributed by atoms with Gasteiger partial charge in [0.25, 0.3) is 0 Å². The Kier molecular flexibility index (Phi) is 5.77. The smallest absolute Gasteiger partial charge is 0.231 e. The van der Waals surface area contributed by atoms with Gasteiger partial charge in [-0.05, 0) is 44.9 Å². The Morgan fingerprint density at radius 2 is 1.88 bits per heavy atom. The third kappa shape index (κ3) is 4.49. The zero-order valence-electron chi connectivity index (χ0n) is 10.6. The molecular weight excluding hydrogens is 202 g/mol. The van der Waals surface area contributed by atoms with E-state index in [1.807, 2.05) is 0 Å². The molecule has 0 spiro atoms. The van der Waals surface area contributed by atoms with Gasteiger partial charge in [0.15, 0.2) is 0 Å². The molecule has 0 atom stereocenters. The first kappa shape index (κ1) is 13.5. The van der Waals surface area contributed by atoms with E-state index in [2.05, 4.69) is 23.6 Å². The number of nitrogens with two attached hydrogens (primary N) is 1. The van der Waals surface area contributed by atoms with Crippen LogP contribution in [0.15, 0.2) is 0 Å². The van der Waals surface area contributed by atoms with Gasteiger partial charge < -0.3 is 10.6 Å². The van der Waals surface area contributed by atoms with Crippen molar-refractivity contribution in [1.82, 2.24) is 9.80 Å². The van der Waals surface area contributed by atoms with Gasteiger partial charge in [-0.25, -0.2) is 0 Å². The molecule has 1 aliphatic rings. The number of carbonyl (C=O) groups excluding carboxylic acids is 1. The monoisotopic (exact) mass is 227 g/mol. The Hall–Kier alpha value is -0.610. The first-order valence-electron chi connectivity index (χ1n) is 6.38.